The van der Waals surface area contributed by atoms with Crippen LogP contribution in [0.3, 0.4) is 0 Å². The lowest BCUT2D eigenvalue weighted by Crippen LogP contribution is -2.51. The van der Waals surface area contributed by atoms with E-state index in [-0.39, 0.29) is 17.3 Å². The van der Waals surface area contributed by atoms with Crippen molar-refractivity contribution in [3.05, 3.63) is 88.4 Å². The molecule has 0 saturated heterocycles. The molecule has 1 N–H and O–H groups in total. The Hall–Kier alpha value is -3.37. The minimum absolute atomic E-state index is 0.0662. The molecule has 0 aliphatic carbocycles. The molecule has 0 bridgehead atoms. The molecule has 0 fully saturated rings. The fourth-order valence-electron chi connectivity index (χ4n) is 4.03. The highest BCUT2D eigenvalue weighted by atomic mass is 79.9. The molecule has 3 aromatic carbocycles. The first-order valence-electron chi connectivity index (χ1n) is 12.1. The predicted molar refractivity (Wildman–Crippen MR) is 152 cm³/mol. The van der Waals surface area contributed by atoms with E-state index in [0.717, 1.165) is 19.9 Å². The molecule has 0 saturated carbocycles. The van der Waals surface area contributed by atoms with E-state index in [1.165, 1.54) is 24.1 Å². The third-order valence-corrected chi connectivity index (χ3v) is 8.44. The number of halogens is 1. The van der Waals surface area contributed by atoms with E-state index in [1.54, 1.807) is 68.6 Å². The molecule has 0 radical (unpaired) electrons. The van der Waals surface area contributed by atoms with Crippen molar-refractivity contribution in [2.75, 3.05) is 25.0 Å². The molecule has 1 unspecified atom stereocenters. The molecule has 8 nitrogen and oxygen atoms in total. The van der Waals surface area contributed by atoms with Gasteiger partial charge in [-0.2, -0.15) is 0 Å². The molecule has 3 rings (SSSR count). The molecule has 10 heteroatoms. The van der Waals surface area contributed by atoms with Gasteiger partial charge in [0.25, 0.3) is 10.0 Å². The largest absolute Gasteiger partial charge is 0.497 e. The van der Waals surface area contributed by atoms with Crippen molar-refractivity contribution < 1.29 is 22.7 Å². The van der Waals surface area contributed by atoms with Gasteiger partial charge >= 0.3 is 0 Å². The van der Waals surface area contributed by atoms with Crippen molar-refractivity contribution >= 4 is 43.5 Å². The molecule has 2 amide bonds. The van der Waals surface area contributed by atoms with E-state index in [2.05, 4.69) is 21.2 Å². The summed E-state index contributed by atoms with van der Waals surface area (Å²) in [5.41, 5.74) is 1.99. The molecule has 0 heterocycles. The Morgan fingerprint density at radius 3 is 2.26 bits per heavy atom. The lowest BCUT2D eigenvalue weighted by Gasteiger charge is -2.33. The van der Waals surface area contributed by atoms with Gasteiger partial charge in [-0.3, -0.25) is 13.9 Å². The molecule has 38 heavy (non-hydrogen) atoms. The number of anilines is 1. The van der Waals surface area contributed by atoms with Crippen LogP contribution in [0.1, 0.15) is 24.5 Å². The third-order valence-electron chi connectivity index (χ3n) is 6.12. The average molecular weight is 603 g/mol. The smallest absolute Gasteiger partial charge is 0.264 e. The second-order valence-corrected chi connectivity index (χ2v) is 11.5. The first-order valence-corrected chi connectivity index (χ1v) is 14.3. The van der Waals surface area contributed by atoms with Crippen LogP contribution in [0.5, 0.6) is 5.75 Å². The maximum atomic E-state index is 13.9. The highest BCUT2D eigenvalue weighted by molar-refractivity contribution is 9.10. The van der Waals surface area contributed by atoms with Crippen molar-refractivity contribution in [2.45, 2.75) is 37.8 Å². The second kappa shape index (κ2) is 12.9. The highest BCUT2D eigenvalue weighted by Gasteiger charge is 2.33. The number of carbonyl (C=O) groups excluding carboxylic acids is 2. The minimum Gasteiger partial charge on any atom is -0.497 e. The van der Waals surface area contributed by atoms with Gasteiger partial charge in [-0.15, -0.1) is 0 Å². The molecular weight excluding hydrogens is 570 g/mol. The number of likely N-dealkylation sites (N-methyl/N-ethyl adjacent to an activating group) is 1. The maximum absolute atomic E-state index is 13.9. The van der Waals surface area contributed by atoms with Crippen molar-refractivity contribution in [1.82, 2.24) is 10.2 Å². The number of benzene rings is 3. The summed E-state index contributed by atoms with van der Waals surface area (Å²) in [6.45, 7) is 3.28. The second-order valence-electron chi connectivity index (χ2n) is 8.71. The highest BCUT2D eigenvalue weighted by Crippen LogP contribution is 2.27. The standard InChI is InChI=1S/C28H32BrN3O5S/c1-5-26(28(34)30-3)31(18-21-7-6-8-24(17-21)37-4)27(33)19-32(23-13-11-22(29)12-14-23)38(35,36)25-15-9-20(2)10-16-25/h6-17,26H,5,18-19H2,1-4H3,(H,30,34). The Kier molecular flexibility index (Phi) is 9.93. The summed E-state index contributed by atoms with van der Waals surface area (Å²) < 4.78 is 34.8. The summed E-state index contributed by atoms with van der Waals surface area (Å²) in [5, 5.41) is 2.62. The Balaban J connectivity index is 2.05. The van der Waals surface area contributed by atoms with E-state index >= 15 is 0 Å². The van der Waals surface area contributed by atoms with Gasteiger partial charge in [0.05, 0.1) is 17.7 Å². The van der Waals surface area contributed by atoms with Gasteiger partial charge in [0, 0.05) is 18.1 Å². The van der Waals surface area contributed by atoms with Crippen LogP contribution >= 0.6 is 15.9 Å². The number of methoxy groups -OCH3 is 1. The Morgan fingerprint density at radius 2 is 1.68 bits per heavy atom. The van der Waals surface area contributed by atoms with Gasteiger partial charge in [0.1, 0.15) is 18.3 Å². The SMILES string of the molecule is CCC(C(=O)NC)N(Cc1cccc(OC)c1)C(=O)CN(c1ccc(Br)cc1)S(=O)(=O)c1ccc(C)cc1. The third kappa shape index (κ3) is 6.93. The van der Waals surface area contributed by atoms with Gasteiger partial charge in [-0.1, -0.05) is 52.7 Å². The first-order chi connectivity index (χ1) is 18.1. The topological polar surface area (TPSA) is 96.0 Å². The number of hydrogen-bond donors (Lipinski definition) is 1. The number of nitrogens with zero attached hydrogens (tertiary/aromatic N) is 2. The van der Waals surface area contributed by atoms with E-state index < -0.39 is 28.5 Å². The van der Waals surface area contributed by atoms with Gasteiger partial charge in [0.15, 0.2) is 0 Å². The zero-order chi connectivity index (χ0) is 27.9. The number of hydrogen-bond acceptors (Lipinski definition) is 5. The van der Waals surface area contributed by atoms with Crippen LogP contribution in [0.25, 0.3) is 0 Å². The minimum atomic E-state index is -4.10. The molecule has 202 valence electrons. The Morgan fingerprint density at radius 1 is 1.03 bits per heavy atom. The predicted octanol–water partition coefficient (Wildman–Crippen LogP) is 4.51. The zero-order valence-electron chi connectivity index (χ0n) is 21.8. The van der Waals surface area contributed by atoms with Crippen molar-refractivity contribution in [3.8, 4) is 5.75 Å². The van der Waals surface area contributed by atoms with Crippen LogP contribution in [-0.2, 0) is 26.2 Å². The normalized spacial score (nSPS) is 11.9. The van der Waals surface area contributed by atoms with Crippen molar-refractivity contribution in [1.29, 1.82) is 0 Å². The van der Waals surface area contributed by atoms with Gasteiger partial charge in [-0.05, 0) is 67.4 Å². The number of ether oxygens (including phenoxy) is 1. The van der Waals surface area contributed by atoms with E-state index in [4.69, 9.17) is 4.74 Å². The maximum Gasteiger partial charge on any atom is 0.264 e. The van der Waals surface area contributed by atoms with Crippen LogP contribution < -0.4 is 14.4 Å². The van der Waals surface area contributed by atoms with Crippen molar-refractivity contribution in [2.24, 2.45) is 0 Å². The summed E-state index contributed by atoms with van der Waals surface area (Å²) in [7, 11) is -1.05. The number of sulfonamides is 1. The number of carbonyl (C=O) groups is 2. The van der Waals surface area contributed by atoms with Crippen LogP contribution in [-0.4, -0.2) is 51.9 Å². The molecule has 1 atom stereocenters. The number of nitrogens with one attached hydrogen (secondary N) is 1. The molecule has 0 aliphatic rings. The number of aryl methyl sites for hydroxylation is 1. The Labute approximate surface area is 232 Å². The number of rotatable bonds is 11. The average Bonchev–Trinajstić information content (AvgIpc) is 2.92. The monoisotopic (exact) mass is 601 g/mol. The van der Waals surface area contributed by atoms with Gasteiger partial charge < -0.3 is 15.0 Å². The Bertz CT molecular complexity index is 1360. The lowest BCUT2D eigenvalue weighted by molar-refractivity contribution is -0.140. The summed E-state index contributed by atoms with van der Waals surface area (Å²) in [6, 6.07) is 19.6. The van der Waals surface area contributed by atoms with Crippen LogP contribution in [0, 0.1) is 6.92 Å². The molecule has 3 aromatic rings. The van der Waals surface area contributed by atoms with Crippen LogP contribution in [0.4, 0.5) is 5.69 Å². The molecular formula is C28H32BrN3O5S. The van der Waals surface area contributed by atoms with E-state index in [0.29, 0.717) is 17.9 Å². The summed E-state index contributed by atoms with van der Waals surface area (Å²) in [6.07, 6.45) is 0.346. The summed E-state index contributed by atoms with van der Waals surface area (Å²) in [5.74, 6) is -0.233. The molecule has 0 aromatic heterocycles. The van der Waals surface area contributed by atoms with Crippen LogP contribution in [0.2, 0.25) is 0 Å². The van der Waals surface area contributed by atoms with Crippen LogP contribution in [0.15, 0.2) is 82.2 Å². The number of amides is 2. The first kappa shape index (κ1) is 29.2. The van der Waals surface area contributed by atoms with E-state index in [9.17, 15) is 18.0 Å². The quantitative estimate of drug-likeness (QED) is 0.349. The molecule has 0 aliphatic heterocycles. The van der Waals surface area contributed by atoms with Gasteiger partial charge in [-0.25, -0.2) is 8.42 Å². The summed E-state index contributed by atoms with van der Waals surface area (Å²) in [4.78, 5) is 28.2. The fraction of sp³-hybridized carbons (Fsp3) is 0.286. The van der Waals surface area contributed by atoms with Crippen molar-refractivity contribution in [3.63, 3.8) is 0 Å². The molecule has 0 spiro atoms. The summed E-state index contributed by atoms with van der Waals surface area (Å²) >= 11 is 3.38. The van der Waals surface area contributed by atoms with Gasteiger partial charge in [0.2, 0.25) is 11.8 Å². The lowest BCUT2D eigenvalue weighted by atomic mass is 10.1. The van der Waals surface area contributed by atoms with E-state index in [1.807, 2.05) is 13.0 Å². The fourth-order valence-corrected chi connectivity index (χ4v) is 5.71. The zero-order valence-corrected chi connectivity index (χ0v) is 24.3.